The third kappa shape index (κ3) is 3.57. The van der Waals surface area contributed by atoms with Crippen LogP contribution in [0.15, 0.2) is 38.3 Å². The molecule has 0 fully saturated rings. The van der Waals surface area contributed by atoms with Gasteiger partial charge in [0.15, 0.2) is 0 Å². The average molecular weight is 391 g/mol. The Hall–Kier alpha value is -1.09. The molecule has 5 nitrogen and oxygen atoms in total. The topological polar surface area (TPSA) is 72.6 Å². The number of benzene rings is 1. The van der Waals surface area contributed by atoms with E-state index in [0.717, 1.165) is 9.35 Å². The predicted molar refractivity (Wildman–Crippen MR) is 88.1 cm³/mol. The molecule has 2 N–H and O–H groups in total. The van der Waals surface area contributed by atoms with Gasteiger partial charge in [0.1, 0.15) is 10.6 Å². The molecule has 1 aromatic heterocycles. The van der Waals surface area contributed by atoms with E-state index >= 15 is 0 Å². The molecule has 0 aliphatic rings. The Morgan fingerprint density at radius 2 is 2.10 bits per heavy atom. The summed E-state index contributed by atoms with van der Waals surface area (Å²) in [6.45, 7) is 0.280. The summed E-state index contributed by atoms with van der Waals surface area (Å²) >= 11 is 4.88. The van der Waals surface area contributed by atoms with E-state index < -0.39 is 10.0 Å². The van der Waals surface area contributed by atoms with Crippen molar-refractivity contribution in [3.05, 3.63) is 39.0 Å². The molecule has 0 aliphatic heterocycles. The molecule has 0 saturated heterocycles. The van der Waals surface area contributed by atoms with Crippen LogP contribution in [0.25, 0.3) is 0 Å². The SMILES string of the molecule is COc1ccc(N)cc1S(=O)(=O)N(C)Cc1csc(Br)c1. The van der Waals surface area contributed by atoms with E-state index in [4.69, 9.17) is 10.5 Å². The lowest BCUT2D eigenvalue weighted by atomic mass is 10.3. The average Bonchev–Trinajstić information content (AvgIpc) is 2.84. The summed E-state index contributed by atoms with van der Waals surface area (Å²) in [5.74, 6) is 0.280. The van der Waals surface area contributed by atoms with Crippen molar-refractivity contribution in [2.45, 2.75) is 11.4 Å². The number of thiophene rings is 1. The Bertz CT molecular complexity index is 744. The van der Waals surface area contributed by atoms with Crippen LogP contribution in [0.1, 0.15) is 5.56 Å². The van der Waals surface area contributed by atoms with Gasteiger partial charge in [-0.05, 0) is 51.1 Å². The predicted octanol–water partition coefficient (Wildman–Crippen LogP) is 2.92. The molecule has 0 saturated carbocycles. The Morgan fingerprint density at radius 3 is 2.67 bits per heavy atom. The van der Waals surface area contributed by atoms with E-state index in [1.165, 1.54) is 35.9 Å². The number of hydrogen-bond acceptors (Lipinski definition) is 5. The maximum atomic E-state index is 12.7. The van der Waals surface area contributed by atoms with Gasteiger partial charge in [-0.3, -0.25) is 0 Å². The highest BCUT2D eigenvalue weighted by atomic mass is 79.9. The highest BCUT2D eigenvalue weighted by Crippen LogP contribution is 2.29. The first kappa shape index (κ1) is 16.3. The lowest BCUT2D eigenvalue weighted by Crippen LogP contribution is -2.26. The van der Waals surface area contributed by atoms with E-state index in [0.29, 0.717) is 5.69 Å². The number of hydrogen-bond donors (Lipinski definition) is 1. The highest BCUT2D eigenvalue weighted by Gasteiger charge is 2.25. The zero-order chi connectivity index (χ0) is 15.6. The molecule has 0 spiro atoms. The van der Waals surface area contributed by atoms with Crippen LogP contribution in [0.4, 0.5) is 5.69 Å². The first-order valence-corrected chi connectivity index (χ1v) is 9.08. The molecule has 1 aromatic carbocycles. The van der Waals surface area contributed by atoms with E-state index in [-0.39, 0.29) is 17.2 Å². The zero-order valence-electron chi connectivity index (χ0n) is 11.5. The molecule has 0 bridgehead atoms. The fourth-order valence-corrected chi connectivity index (χ4v) is 4.38. The molecular formula is C13H15BrN2O3S2. The van der Waals surface area contributed by atoms with Crippen molar-refractivity contribution < 1.29 is 13.2 Å². The highest BCUT2D eigenvalue weighted by molar-refractivity contribution is 9.11. The molecule has 114 valence electrons. The summed E-state index contributed by atoms with van der Waals surface area (Å²) < 4.78 is 32.7. The minimum absolute atomic E-state index is 0.0711. The summed E-state index contributed by atoms with van der Waals surface area (Å²) in [5.41, 5.74) is 6.99. The van der Waals surface area contributed by atoms with Gasteiger partial charge in [0.05, 0.1) is 10.9 Å². The summed E-state index contributed by atoms with van der Waals surface area (Å²) in [4.78, 5) is 0.0711. The normalized spacial score (nSPS) is 11.8. The van der Waals surface area contributed by atoms with Crippen LogP contribution in [-0.4, -0.2) is 26.9 Å². The van der Waals surface area contributed by atoms with Crippen molar-refractivity contribution >= 4 is 43.0 Å². The second-order valence-electron chi connectivity index (χ2n) is 4.43. The van der Waals surface area contributed by atoms with Gasteiger partial charge in [-0.15, -0.1) is 11.3 Å². The Balaban J connectivity index is 2.35. The third-order valence-corrected chi connectivity index (χ3v) is 6.28. The lowest BCUT2D eigenvalue weighted by molar-refractivity contribution is 0.398. The number of nitrogens with zero attached hydrogens (tertiary/aromatic N) is 1. The zero-order valence-corrected chi connectivity index (χ0v) is 14.8. The van der Waals surface area contributed by atoms with E-state index in [1.54, 1.807) is 12.1 Å². The summed E-state index contributed by atoms with van der Waals surface area (Å²) in [7, 11) is -0.713. The van der Waals surface area contributed by atoms with Gasteiger partial charge in [-0.1, -0.05) is 0 Å². The number of methoxy groups -OCH3 is 1. The van der Waals surface area contributed by atoms with Crippen LogP contribution in [0.5, 0.6) is 5.75 Å². The molecule has 0 amide bonds. The van der Waals surface area contributed by atoms with E-state index in [1.807, 2.05) is 11.4 Å². The smallest absolute Gasteiger partial charge is 0.246 e. The van der Waals surface area contributed by atoms with Gasteiger partial charge >= 0.3 is 0 Å². The number of anilines is 1. The van der Waals surface area contributed by atoms with Gasteiger partial charge in [-0.2, -0.15) is 4.31 Å². The fraction of sp³-hybridized carbons (Fsp3) is 0.231. The summed E-state index contributed by atoms with van der Waals surface area (Å²) in [6.07, 6.45) is 0. The van der Waals surface area contributed by atoms with Crippen molar-refractivity contribution in [2.75, 3.05) is 19.9 Å². The maximum Gasteiger partial charge on any atom is 0.246 e. The van der Waals surface area contributed by atoms with E-state index in [9.17, 15) is 8.42 Å². The Kier molecular flexibility index (Phi) is 4.92. The molecule has 21 heavy (non-hydrogen) atoms. The fourth-order valence-electron chi connectivity index (χ4n) is 1.83. The second-order valence-corrected chi connectivity index (χ2v) is 8.73. The minimum atomic E-state index is -3.68. The van der Waals surface area contributed by atoms with Gasteiger partial charge in [0.25, 0.3) is 0 Å². The van der Waals surface area contributed by atoms with E-state index in [2.05, 4.69) is 15.9 Å². The van der Waals surface area contributed by atoms with Crippen molar-refractivity contribution in [2.24, 2.45) is 0 Å². The molecule has 0 atom stereocenters. The minimum Gasteiger partial charge on any atom is -0.495 e. The first-order chi connectivity index (χ1) is 9.84. The van der Waals surface area contributed by atoms with Crippen LogP contribution >= 0.6 is 27.3 Å². The molecule has 0 unspecified atom stereocenters. The number of nitrogens with two attached hydrogens (primary N) is 1. The molecule has 1 heterocycles. The number of sulfonamides is 1. The molecular weight excluding hydrogens is 376 g/mol. The Labute approximate surface area is 136 Å². The van der Waals surface area contributed by atoms with Crippen molar-refractivity contribution in [3.63, 3.8) is 0 Å². The monoisotopic (exact) mass is 390 g/mol. The second kappa shape index (κ2) is 6.35. The first-order valence-electron chi connectivity index (χ1n) is 5.97. The third-order valence-electron chi connectivity index (χ3n) is 2.90. The quantitative estimate of drug-likeness (QED) is 0.796. The standard InChI is InChI=1S/C13H15BrN2O3S2/c1-16(7-9-5-13(14)20-8-9)21(17,18)12-6-10(15)3-4-11(12)19-2/h3-6,8H,7,15H2,1-2H3. The number of ether oxygens (including phenoxy) is 1. The van der Waals surface area contributed by atoms with Crippen LogP contribution in [0, 0.1) is 0 Å². The van der Waals surface area contributed by atoms with Crippen LogP contribution in [0.2, 0.25) is 0 Å². The molecule has 0 aliphatic carbocycles. The maximum absolute atomic E-state index is 12.7. The van der Waals surface area contributed by atoms with Gasteiger partial charge in [-0.25, -0.2) is 8.42 Å². The molecule has 8 heteroatoms. The lowest BCUT2D eigenvalue weighted by Gasteiger charge is -2.18. The largest absolute Gasteiger partial charge is 0.495 e. The summed E-state index contributed by atoms with van der Waals surface area (Å²) in [6, 6.07) is 6.46. The summed E-state index contributed by atoms with van der Waals surface area (Å²) in [5, 5.41) is 1.91. The van der Waals surface area contributed by atoms with Gasteiger partial charge < -0.3 is 10.5 Å². The van der Waals surface area contributed by atoms with Crippen LogP contribution in [0.3, 0.4) is 0 Å². The number of nitrogen functional groups attached to an aromatic ring is 1. The van der Waals surface area contributed by atoms with Crippen molar-refractivity contribution in [1.29, 1.82) is 0 Å². The van der Waals surface area contributed by atoms with Crippen molar-refractivity contribution in [3.8, 4) is 5.75 Å². The van der Waals surface area contributed by atoms with Gasteiger partial charge in [0, 0.05) is 19.3 Å². The molecule has 2 rings (SSSR count). The van der Waals surface area contributed by atoms with Crippen molar-refractivity contribution in [1.82, 2.24) is 4.31 Å². The van der Waals surface area contributed by atoms with Crippen LogP contribution in [-0.2, 0) is 16.6 Å². The number of halogens is 1. The van der Waals surface area contributed by atoms with Gasteiger partial charge in [0.2, 0.25) is 10.0 Å². The number of rotatable bonds is 5. The van der Waals surface area contributed by atoms with Crippen LogP contribution < -0.4 is 10.5 Å². The molecule has 2 aromatic rings. The Morgan fingerprint density at radius 1 is 1.38 bits per heavy atom. The molecule has 0 radical (unpaired) electrons.